The average molecular weight is 662 g/mol. The third-order valence-corrected chi connectivity index (χ3v) is 5.86. The predicted molar refractivity (Wildman–Crippen MR) is 103 cm³/mol. The molecule has 0 rings (SSSR count). The van der Waals surface area contributed by atoms with Crippen molar-refractivity contribution in [3.05, 3.63) is 0 Å². The van der Waals surface area contributed by atoms with Crippen molar-refractivity contribution in [1.82, 2.24) is 0 Å². The first kappa shape index (κ1) is 39.7. The van der Waals surface area contributed by atoms with Crippen LogP contribution in [0.2, 0.25) is 0 Å². The first-order valence-corrected chi connectivity index (χ1v) is 11.3. The highest BCUT2D eigenvalue weighted by Gasteiger charge is 2.73. The second-order valence-electron chi connectivity index (χ2n) is 8.97. The molecule has 0 spiro atoms. The predicted octanol–water partition coefficient (Wildman–Crippen LogP) is 7.71. The largest absolute Gasteiger partial charge is 0.477 e. The summed E-state index contributed by atoms with van der Waals surface area (Å²) < 4.78 is 220. The standard InChI is InChI=1S/C20H22F16O6/c1-3-9(7-13(21,22)17(29,30)41-19(33,34)15(25,26)11(37)38)5-6-10(4-2)8-14(23,24)18(31,32)42-20(35,36)16(27,28)12(39)40/h9-10H,3-8H2,1-2H3,(H,37,38)(H,39,40). The molecular weight excluding hydrogens is 640 g/mol. The molecule has 0 saturated heterocycles. The van der Waals surface area contributed by atoms with Gasteiger partial charge < -0.3 is 10.2 Å². The van der Waals surface area contributed by atoms with Gasteiger partial charge in [0.05, 0.1) is 0 Å². The Bertz CT molecular complexity index is 866. The number of hydrogen-bond donors (Lipinski definition) is 2. The summed E-state index contributed by atoms with van der Waals surface area (Å²) in [6, 6.07) is 0. The number of alkyl halides is 16. The summed E-state index contributed by atoms with van der Waals surface area (Å²) in [4.78, 5) is 20.3. The molecule has 0 aromatic rings. The quantitative estimate of drug-likeness (QED) is 0.138. The molecule has 0 aliphatic rings. The van der Waals surface area contributed by atoms with Crippen molar-refractivity contribution in [1.29, 1.82) is 0 Å². The number of rotatable bonds is 19. The highest BCUT2D eigenvalue weighted by atomic mass is 19.4. The number of carboxylic acids is 2. The smallest absolute Gasteiger partial charge is 0.435 e. The number of aliphatic carboxylic acids is 2. The molecule has 0 saturated carbocycles. The Morgan fingerprint density at radius 1 is 0.524 bits per heavy atom. The van der Waals surface area contributed by atoms with E-state index in [0.29, 0.717) is 0 Å². The van der Waals surface area contributed by atoms with Gasteiger partial charge >= 0.3 is 60.1 Å². The zero-order valence-corrected chi connectivity index (χ0v) is 21.0. The van der Waals surface area contributed by atoms with E-state index in [1.54, 1.807) is 0 Å². The highest BCUT2D eigenvalue weighted by molar-refractivity contribution is 5.76. The van der Waals surface area contributed by atoms with E-state index in [1.165, 1.54) is 0 Å². The molecule has 2 N–H and O–H groups in total. The third-order valence-electron chi connectivity index (χ3n) is 5.86. The van der Waals surface area contributed by atoms with Crippen molar-refractivity contribution in [3.63, 3.8) is 0 Å². The van der Waals surface area contributed by atoms with Crippen molar-refractivity contribution >= 4 is 11.9 Å². The third kappa shape index (κ3) is 8.65. The van der Waals surface area contributed by atoms with Crippen LogP contribution in [0.1, 0.15) is 52.4 Å². The fourth-order valence-corrected chi connectivity index (χ4v) is 3.18. The maximum Gasteiger partial charge on any atom is 0.435 e. The summed E-state index contributed by atoms with van der Waals surface area (Å²) in [6.45, 7) is 1.99. The van der Waals surface area contributed by atoms with Gasteiger partial charge in [0.1, 0.15) is 0 Å². The van der Waals surface area contributed by atoms with E-state index in [4.69, 9.17) is 10.2 Å². The molecule has 22 heteroatoms. The molecule has 0 aromatic heterocycles. The van der Waals surface area contributed by atoms with Crippen LogP contribution in [-0.2, 0) is 19.1 Å². The lowest BCUT2D eigenvalue weighted by atomic mass is 9.86. The molecule has 0 amide bonds. The van der Waals surface area contributed by atoms with Gasteiger partial charge in [-0.05, 0) is 24.7 Å². The van der Waals surface area contributed by atoms with Crippen LogP contribution in [0.25, 0.3) is 0 Å². The van der Waals surface area contributed by atoms with E-state index in [2.05, 4.69) is 9.47 Å². The first-order valence-electron chi connectivity index (χ1n) is 11.3. The van der Waals surface area contributed by atoms with Crippen molar-refractivity contribution in [3.8, 4) is 0 Å². The number of hydrogen-bond acceptors (Lipinski definition) is 4. The van der Waals surface area contributed by atoms with E-state index in [0.717, 1.165) is 13.8 Å². The van der Waals surface area contributed by atoms with Crippen LogP contribution >= 0.6 is 0 Å². The molecule has 42 heavy (non-hydrogen) atoms. The maximum absolute atomic E-state index is 14.1. The fraction of sp³-hybridized carbons (Fsp3) is 0.900. The minimum absolute atomic E-state index is 0.587. The first-order chi connectivity index (χ1) is 18.4. The highest BCUT2D eigenvalue weighted by Crippen LogP contribution is 2.50. The van der Waals surface area contributed by atoms with Crippen molar-refractivity contribution in [2.75, 3.05) is 0 Å². The molecule has 0 fully saturated rings. The van der Waals surface area contributed by atoms with Crippen molar-refractivity contribution in [2.45, 2.75) is 100 Å². The van der Waals surface area contributed by atoms with Crippen molar-refractivity contribution < 1.29 is 99.5 Å². The van der Waals surface area contributed by atoms with Gasteiger partial charge in [0.2, 0.25) is 0 Å². The van der Waals surface area contributed by atoms with E-state index in [-0.39, 0.29) is 0 Å². The Balaban J connectivity index is 5.66. The van der Waals surface area contributed by atoms with Gasteiger partial charge in [0, 0.05) is 12.8 Å². The van der Waals surface area contributed by atoms with Gasteiger partial charge in [-0.3, -0.25) is 0 Å². The second-order valence-corrected chi connectivity index (χ2v) is 8.97. The fourth-order valence-electron chi connectivity index (χ4n) is 3.18. The van der Waals surface area contributed by atoms with Crippen LogP contribution < -0.4 is 0 Å². The lowest BCUT2D eigenvalue weighted by molar-refractivity contribution is -0.463. The summed E-state index contributed by atoms with van der Waals surface area (Å²) in [7, 11) is 0. The molecule has 2 unspecified atom stereocenters. The van der Waals surface area contributed by atoms with Gasteiger partial charge in [-0.2, -0.15) is 70.2 Å². The lowest BCUT2D eigenvalue weighted by Crippen LogP contribution is -2.56. The van der Waals surface area contributed by atoms with Crippen molar-refractivity contribution in [2.24, 2.45) is 11.8 Å². The lowest BCUT2D eigenvalue weighted by Gasteiger charge is -2.34. The Hall–Kier alpha value is -2.26. The van der Waals surface area contributed by atoms with Crippen LogP contribution in [0.3, 0.4) is 0 Å². The summed E-state index contributed by atoms with van der Waals surface area (Å²) in [5.74, 6) is -35.3. The normalized spacial score (nSPS) is 16.3. The van der Waals surface area contributed by atoms with Crippen LogP contribution in [0.5, 0.6) is 0 Å². The van der Waals surface area contributed by atoms with Gasteiger partial charge in [-0.15, -0.1) is 0 Å². The van der Waals surface area contributed by atoms with Crippen LogP contribution in [-0.4, -0.2) is 70.3 Å². The summed E-state index contributed by atoms with van der Waals surface area (Å²) in [5.41, 5.74) is 0. The van der Waals surface area contributed by atoms with Gasteiger partial charge in [-0.1, -0.05) is 26.7 Å². The second kappa shape index (κ2) is 12.8. The molecule has 0 heterocycles. The zero-order valence-electron chi connectivity index (χ0n) is 21.0. The maximum atomic E-state index is 14.1. The number of carboxylic acid groups (broad SMARTS) is 2. The number of carbonyl (C=O) groups is 2. The minimum Gasteiger partial charge on any atom is -0.477 e. The molecular formula is C20H22F16O6. The molecule has 0 aliphatic heterocycles. The Morgan fingerprint density at radius 2 is 0.762 bits per heavy atom. The summed E-state index contributed by atoms with van der Waals surface area (Å²) in [5, 5.41) is 16.0. The van der Waals surface area contributed by atoms with Crippen LogP contribution in [0, 0.1) is 11.8 Å². The monoisotopic (exact) mass is 662 g/mol. The average Bonchev–Trinajstić information content (AvgIpc) is 2.78. The number of ether oxygens (including phenoxy) is 2. The van der Waals surface area contributed by atoms with E-state index in [9.17, 15) is 79.8 Å². The van der Waals surface area contributed by atoms with Crippen LogP contribution in [0.15, 0.2) is 0 Å². The van der Waals surface area contributed by atoms with Crippen LogP contribution in [0.4, 0.5) is 70.2 Å². The Morgan fingerprint density at radius 3 is 0.952 bits per heavy atom. The van der Waals surface area contributed by atoms with E-state index >= 15 is 0 Å². The molecule has 0 radical (unpaired) electrons. The topological polar surface area (TPSA) is 93.1 Å². The molecule has 0 aliphatic carbocycles. The Kier molecular flexibility index (Phi) is 12.1. The van der Waals surface area contributed by atoms with Gasteiger partial charge in [0.25, 0.3) is 0 Å². The van der Waals surface area contributed by atoms with Gasteiger partial charge in [-0.25, -0.2) is 19.1 Å². The molecule has 2 atom stereocenters. The summed E-state index contributed by atoms with van der Waals surface area (Å²) in [6.07, 6.45) is -33.5. The minimum atomic E-state index is -6.66. The SMILES string of the molecule is CCC(CCC(CC)CC(F)(F)C(F)(F)OC(F)(F)C(F)(F)C(=O)O)CC(F)(F)C(F)(F)OC(F)(F)C(F)(F)C(=O)O. The molecule has 250 valence electrons. The Labute approximate surface area is 224 Å². The van der Waals surface area contributed by atoms with Gasteiger partial charge in [0.15, 0.2) is 0 Å². The molecule has 0 aromatic carbocycles. The van der Waals surface area contributed by atoms with E-state index in [1.807, 2.05) is 0 Å². The summed E-state index contributed by atoms with van der Waals surface area (Å²) >= 11 is 0. The zero-order chi connectivity index (χ0) is 34.0. The number of halogens is 16. The molecule has 6 nitrogen and oxygen atoms in total. The van der Waals surface area contributed by atoms with E-state index < -0.39 is 110 Å². The molecule has 0 bridgehead atoms.